The predicted octanol–water partition coefficient (Wildman–Crippen LogP) is 2.42. The molecule has 0 saturated heterocycles. The van der Waals surface area contributed by atoms with Gasteiger partial charge in [-0.2, -0.15) is 4.72 Å². The summed E-state index contributed by atoms with van der Waals surface area (Å²) >= 11 is 0. The van der Waals surface area contributed by atoms with E-state index in [2.05, 4.69) is 4.72 Å². The van der Waals surface area contributed by atoms with Gasteiger partial charge in [-0.25, -0.2) is 8.42 Å². The molecule has 0 aromatic heterocycles. The number of para-hydroxylation sites is 1. The van der Waals surface area contributed by atoms with Gasteiger partial charge in [0.1, 0.15) is 11.5 Å². The quantitative estimate of drug-likeness (QED) is 0.691. The van der Waals surface area contributed by atoms with Crippen LogP contribution in [0.2, 0.25) is 0 Å². The number of nitrogens with one attached hydrogen (secondary N) is 1. The summed E-state index contributed by atoms with van der Waals surface area (Å²) in [4.78, 5) is 14.2. The molecule has 0 aliphatic carbocycles. The predicted molar refractivity (Wildman–Crippen MR) is 107 cm³/mol. The van der Waals surface area contributed by atoms with Crippen LogP contribution in [0.4, 0.5) is 0 Å². The van der Waals surface area contributed by atoms with Crippen molar-refractivity contribution in [2.45, 2.75) is 31.3 Å². The minimum absolute atomic E-state index is 0.0669. The lowest BCUT2D eigenvalue weighted by Gasteiger charge is -2.23. The highest BCUT2D eigenvalue weighted by Crippen LogP contribution is 2.20. The Hall–Kier alpha value is -2.58. The number of benzene rings is 2. The number of amides is 1. The van der Waals surface area contributed by atoms with Crippen LogP contribution < -0.4 is 14.2 Å². The minimum Gasteiger partial charge on any atom is -0.497 e. The van der Waals surface area contributed by atoms with E-state index >= 15 is 0 Å². The molecule has 1 amide bonds. The van der Waals surface area contributed by atoms with Crippen LogP contribution in [0.1, 0.15) is 19.4 Å². The Morgan fingerprint density at radius 3 is 2.39 bits per heavy atom. The molecule has 1 atom stereocenters. The van der Waals surface area contributed by atoms with E-state index in [0.29, 0.717) is 24.7 Å². The molecule has 2 aromatic rings. The van der Waals surface area contributed by atoms with Gasteiger partial charge in [0.2, 0.25) is 15.9 Å². The number of ether oxygens (including phenoxy) is 2. The van der Waals surface area contributed by atoms with Crippen molar-refractivity contribution in [1.29, 1.82) is 0 Å². The van der Waals surface area contributed by atoms with Gasteiger partial charge < -0.3 is 14.4 Å². The van der Waals surface area contributed by atoms with Gasteiger partial charge in [-0.05, 0) is 44.2 Å². The fraction of sp³-hybridized carbons (Fsp3) is 0.350. The van der Waals surface area contributed by atoms with Gasteiger partial charge in [0.25, 0.3) is 0 Å². The third-order valence-corrected chi connectivity index (χ3v) is 5.68. The summed E-state index contributed by atoms with van der Waals surface area (Å²) in [5.41, 5.74) is 0.852. The molecule has 8 heteroatoms. The second-order valence-corrected chi connectivity index (χ2v) is 7.97. The summed E-state index contributed by atoms with van der Waals surface area (Å²) in [5, 5.41) is 0. The van der Waals surface area contributed by atoms with Crippen molar-refractivity contribution in [3.8, 4) is 11.5 Å². The van der Waals surface area contributed by atoms with E-state index < -0.39 is 16.1 Å². The van der Waals surface area contributed by atoms with Crippen LogP contribution in [-0.2, 0) is 21.4 Å². The Morgan fingerprint density at radius 1 is 1.14 bits per heavy atom. The van der Waals surface area contributed by atoms with E-state index in [4.69, 9.17) is 9.47 Å². The smallest absolute Gasteiger partial charge is 0.241 e. The lowest BCUT2D eigenvalue weighted by molar-refractivity contribution is -0.131. The Kier molecular flexibility index (Phi) is 7.42. The number of sulfonamides is 1. The maximum absolute atomic E-state index is 12.7. The Morgan fingerprint density at radius 2 is 1.79 bits per heavy atom. The Bertz CT molecular complexity index is 897. The molecular formula is C20H26N2O5S. The van der Waals surface area contributed by atoms with Gasteiger partial charge in [0.15, 0.2) is 0 Å². The second-order valence-electron chi connectivity index (χ2n) is 6.25. The number of likely N-dealkylation sites (N-methyl/N-ethyl adjacent to an activating group) is 1. The zero-order valence-electron chi connectivity index (χ0n) is 16.5. The van der Waals surface area contributed by atoms with Crippen LogP contribution >= 0.6 is 0 Å². The molecule has 28 heavy (non-hydrogen) atoms. The molecule has 2 rings (SSSR count). The van der Waals surface area contributed by atoms with Gasteiger partial charge in [-0.3, -0.25) is 4.79 Å². The van der Waals surface area contributed by atoms with Crippen LogP contribution in [0.3, 0.4) is 0 Å². The van der Waals surface area contributed by atoms with Crippen LogP contribution in [-0.4, -0.2) is 46.0 Å². The molecule has 0 aliphatic heterocycles. The molecule has 0 heterocycles. The molecule has 0 fully saturated rings. The molecule has 0 unspecified atom stereocenters. The highest BCUT2D eigenvalue weighted by molar-refractivity contribution is 7.89. The van der Waals surface area contributed by atoms with Crippen LogP contribution in [0.5, 0.6) is 11.5 Å². The van der Waals surface area contributed by atoms with Gasteiger partial charge >= 0.3 is 0 Å². The largest absolute Gasteiger partial charge is 0.497 e. The number of carbonyl (C=O) groups is 1. The van der Waals surface area contributed by atoms with E-state index in [9.17, 15) is 13.2 Å². The Labute approximate surface area is 166 Å². The van der Waals surface area contributed by atoms with Crippen molar-refractivity contribution in [1.82, 2.24) is 9.62 Å². The van der Waals surface area contributed by atoms with Crippen molar-refractivity contribution in [2.24, 2.45) is 0 Å². The number of carbonyl (C=O) groups excluding carboxylic acids is 1. The molecule has 0 radical (unpaired) electrons. The highest BCUT2D eigenvalue weighted by Gasteiger charge is 2.25. The first-order valence-corrected chi connectivity index (χ1v) is 10.4. The number of rotatable bonds is 9. The molecule has 0 aliphatic rings. The lowest BCUT2D eigenvalue weighted by Crippen LogP contribution is -2.45. The summed E-state index contributed by atoms with van der Waals surface area (Å²) < 4.78 is 38.1. The molecule has 0 bridgehead atoms. The molecule has 1 N–H and O–H groups in total. The highest BCUT2D eigenvalue weighted by atomic mass is 32.2. The third kappa shape index (κ3) is 5.46. The average Bonchev–Trinajstić information content (AvgIpc) is 2.68. The van der Waals surface area contributed by atoms with Crippen LogP contribution in [0, 0.1) is 0 Å². The zero-order chi connectivity index (χ0) is 20.7. The number of hydrogen-bond acceptors (Lipinski definition) is 5. The maximum Gasteiger partial charge on any atom is 0.241 e. The first-order valence-electron chi connectivity index (χ1n) is 8.90. The van der Waals surface area contributed by atoms with E-state index in [1.165, 1.54) is 31.1 Å². The van der Waals surface area contributed by atoms with Crippen molar-refractivity contribution in [3.63, 3.8) is 0 Å². The molecule has 7 nitrogen and oxygen atoms in total. The standard InChI is InChI=1S/C20H26N2O5S/c1-5-27-19-9-7-6-8-16(19)14-22(3)20(23)15(2)21-28(24,25)18-12-10-17(26-4)11-13-18/h6-13,15,21H,5,14H2,1-4H3/t15-/m0/s1. The van der Waals surface area contributed by atoms with Gasteiger partial charge in [-0.15, -0.1) is 0 Å². The van der Waals surface area contributed by atoms with E-state index in [-0.39, 0.29) is 10.8 Å². The molecule has 0 spiro atoms. The number of nitrogens with zero attached hydrogens (tertiary/aromatic N) is 1. The molecule has 152 valence electrons. The summed E-state index contributed by atoms with van der Waals surface area (Å²) in [7, 11) is -0.700. The van der Waals surface area contributed by atoms with Crippen LogP contribution in [0.25, 0.3) is 0 Å². The molecule has 2 aromatic carbocycles. The monoisotopic (exact) mass is 406 g/mol. The van der Waals surface area contributed by atoms with Crippen molar-refractivity contribution in [2.75, 3.05) is 20.8 Å². The summed E-state index contributed by atoms with van der Waals surface area (Å²) in [6, 6.07) is 12.5. The Balaban J connectivity index is 2.06. The van der Waals surface area contributed by atoms with E-state index in [1.807, 2.05) is 31.2 Å². The summed E-state index contributed by atoms with van der Waals surface area (Å²) in [6.45, 7) is 4.24. The first-order chi connectivity index (χ1) is 13.3. The maximum atomic E-state index is 12.7. The zero-order valence-corrected chi connectivity index (χ0v) is 17.3. The second kappa shape index (κ2) is 9.57. The van der Waals surface area contributed by atoms with Crippen LogP contribution in [0.15, 0.2) is 53.4 Å². The topological polar surface area (TPSA) is 84.9 Å². The van der Waals surface area contributed by atoms with Gasteiger partial charge in [0, 0.05) is 19.2 Å². The average molecular weight is 407 g/mol. The minimum atomic E-state index is -3.83. The fourth-order valence-electron chi connectivity index (χ4n) is 2.70. The summed E-state index contributed by atoms with van der Waals surface area (Å²) in [6.07, 6.45) is 0. The van der Waals surface area contributed by atoms with Crippen molar-refractivity contribution in [3.05, 3.63) is 54.1 Å². The summed E-state index contributed by atoms with van der Waals surface area (Å²) in [5.74, 6) is 0.912. The molecule has 0 saturated carbocycles. The van der Waals surface area contributed by atoms with Gasteiger partial charge in [-0.1, -0.05) is 18.2 Å². The van der Waals surface area contributed by atoms with Crippen molar-refractivity contribution < 1.29 is 22.7 Å². The lowest BCUT2D eigenvalue weighted by atomic mass is 10.2. The fourth-order valence-corrected chi connectivity index (χ4v) is 3.90. The number of hydrogen-bond donors (Lipinski definition) is 1. The third-order valence-electron chi connectivity index (χ3n) is 4.13. The first kappa shape index (κ1) is 21.7. The van der Waals surface area contributed by atoms with E-state index in [1.54, 1.807) is 19.2 Å². The van der Waals surface area contributed by atoms with Gasteiger partial charge in [0.05, 0.1) is 24.7 Å². The normalized spacial score (nSPS) is 12.3. The van der Waals surface area contributed by atoms with E-state index in [0.717, 1.165) is 5.56 Å². The number of methoxy groups -OCH3 is 1. The molecular weight excluding hydrogens is 380 g/mol. The van der Waals surface area contributed by atoms with Crippen molar-refractivity contribution >= 4 is 15.9 Å². The SMILES string of the molecule is CCOc1ccccc1CN(C)C(=O)[C@H](C)NS(=O)(=O)c1ccc(OC)cc1.